The van der Waals surface area contributed by atoms with E-state index < -0.39 is 17.5 Å². The van der Waals surface area contributed by atoms with Gasteiger partial charge in [-0.25, -0.2) is 4.79 Å². The zero-order chi connectivity index (χ0) is 19.8. The molecule has 138 valence electrons. The van der Waals surface area contributed by atoms with Crippen molar-refractivity contribution >= 4 is 33.5 Å². The number of carbonyl (C=O) groups excluding carboxylic acids is 2. The third-order valence-electron chi connectivity index (χ3n) is 4.56. The summed E-state index contributed by atoms with van der Waals surface area (Å²) in [6, 6.07) is 17.0. The van der Waals surface area contributed by atoms with Gasteiger partial charge in [0.15, 0.2) is 11.6 Å². The van der Waals surface area contributed by atoms with Gasteiger partial charge in [0.2, 0.25) is 0 Å². The second-order valence-electron chi connectivity index (χ2n) is 6.27. The van der Waals surface area contributed by atoms with Gasteiger partial charge in [0.1, 0.15) is 12.4 Å². The van der Waals surface area contributed by atoms with Gasteiger partial charge in [-0.2, -0.15) is 0 Å². The van der Waals surface area contributed by atoms with Crippen LogP contribution in [0.4, 0.5) is 0 Å². The Bertz CT molecular complexity index is 1140. The molecule has 1 aliphatic rings. The maximum Gasteiger partial charge on any atom is 0.336 e. The summed E-state index contributed by atoms with van der Waals surface area (Å²) in [7, 11) is 0. The molecule has 0 spiro atoms. The van der Waals surface area contributed by atoms with Crippen molar-refractivity contribution in [3.63, 3.8) is 0 Å². The smallest absolute Gasteiger partial charge is 0.336 e. The zero-order valence-corrected chi connectivity index (χ0v) is 16.0. The molecule has 3 aromatic carbocycles. The molecule has 0 aromatic heterocycles. The number of halogens is 1. The number of fused-ring (bicyclic) bond motifs is 2. The van der Waals surface area contributed by atoms with Crippen molar-refractivity contribution in [1.29, 1.82) is 0 Å². The second kappa shape index (κ2) is 7.05. The summed E-state index contributed by atoms with van der Waals surface area (Å²) in [5, 5.41) is 9.59. The molecular formula is C22H13BrO5. The van der Waals surface area contributed by atoms with E-state index in [2.05, 4.69) is 15.9 Å². The molecule has 0 saturated carbocycles. The van der Waals surface area contributed by atoms with E-state index >= 15 is 0 Å². The van der Waals surface area contributed by atoms with Gasteiger partial charge in [-0.15, -0.1) is 0 Å². The molecule has 1 N–H and O–H groups in total. The Hall–Kier alpha value is -3.25. The molecule has 28 heavy (non-hydrogen) atoms. The standard InChI is InChI=1S/C22H13BrO5/c23-16-10-15(22(26)27)17-18(21(16)28-11-12-6-2-1-3-7-12)20(25)14-9-5-4-8-13(14)19(17)24/h1-10H,11H2,(H,26,27). The van der Waals surface area contributed by atoms with Crippen LogP contribution >= 0.6 is 15.9 Å². The van der Waals surface area contributed by atoms with Gasteiger partial charge in [-0.05, 0) is 27.6 Å². The number of carboxylic acid groups (broad SMARTS) is 1. The highest BCUT2D eigenvalue weighted by Crippen LogP contribution is 2.40. The van der Waals surface area contributed by atoms with Crippen molar-refractivity contribution in [3.8, 4) is 5.75 Å². The predicted octanol–water partition coefficient (Wildman–Crippen LogP) is 4.50. The molecule has 0 saturated heterocycles. The molecule has 6 heteroatoms. The number of aromatic carboxylic acids is 1. The van der Waals surface area contributed by atoms with Gasteiger partial charge in [0, 0.05) is 11.1 Å². The summed E-state index contributed by atoms with van der Waals surface area (Å²) in [6.07, 6.45) is 0. The van der Waals surface area contributed by atoms with Crippen LogP contribution in [0.15, 0.2) is 65.1 Å². The van der Waals surface area contributed by atoms with E-state index in [9.17, 15) is 19.5 Å². The molecular weight excluding hydrogens is 424 g/mol. The molecule has 3 aromatic rings. The lowest BCUT2D eigenvalue weighted by molar-refractivity contribution is 0.0692. The van der Waals surface area contributed by atoms with Gasteiger partial charge in [-0.1, -0.05) is 54.6 Å². The fourth-order valence-corrected chi connectivity index (χ4v) is 3.81. The lowest BCUT2D eigenvalue weighted by Gasteiger charge is -2.23. The van der Waals surface area contributed by atoms with Crippen molar-refractivity contribution in [2.45, 2.75) is 6.61 Å². The molecule has 4 rings (SSSR count). The third kappa shape index (κ3) is 2.92. The van der Waals surface area contributed by atoms with Crippen LogP contribution in [0.3, 0.4) is 0 Å². The van der Waals surface area contributed by atoms with Gasteiger partial charge >= 0.3 is 5.97 Å². The van der Waals surface area contributed by atoms with Crippen molar-refractivity contribution < 1.29 is 24.2 Å². The molecule has 0 amide bonds. The summed E-state index contributed by atoms with van der Waals surface area (Å²) in [6.45, 7) is 0.168. The first-order chi connectivity index (χ1) is 13.5. The minimum atomic E-state index is -1.29. The van der Waals surface area contributed by atoms with Gasteiger partial charge < -0.3 is 9.84 Å². The monoisotopic (exact) mass is 436 g/mol. The number of carboxylic acids is 1. The normalized spacial score (nSPS) is 12.3. The Morgan fingerprint density at radius 3 is 2.07 bits per heavy atom. The number of hydrogen-bond donors (Lipinski definition) is 1. The van der Waals surface area contributed by atoms with Gasteiger partial charge in [0.05, 0.1) is 21.2 Å². The van der Waals surface area contributed by atoms with E-state index in [4.69, 9.17) is 4.74 Å². The predicted molar refractivity (Wildman–Crippen MR) is 105 cm³/mol. The topological polar surface area (TPSA) is 80.7 Å². The lowest BCUT2D eigenvalue weighted by Crippen LogP contribution is -2.25. The summed E-state index contributed by atoms with van der Waals surface area (Å²) in [4.78, 5) is 38.0. The lowest BCUT2D eigenvalue weighted by atomic mass is 9.81. The van der Waals surface area contributed by atoms with Crippen LogP contribution in [0.5, 0.6) is 5.75 Å². The van der Waals surface area contributed by atoms with Gasteiger partial charge in [-0.3, -0.25) is 9.59 Å². The van der Waals surface area contributed by atoms with E-state index in [0.29, 0.717) is 4.47 Å². The van der Waals surface area contributed by atoms with Crippen molar-refractivity contribution in [3.05, 3.63) is 98.5 Å². The van der Waals surface area contributed by atoms with E-state index in [1.54, 1.807) is 18.2 Å². The van der Waals surface area contributed by atoms with Crippen LogP contribution in [-0.4, -0.2) is 22.6 Å². The maximum atomic E-state index is 13.2. The molecule has 0 unspecified atom stereocenters. The summed E-state index contributed by atoms with van der Waals surface area (Å²) < 4.78 is 6.18. The van der Waals surface area contributed by atoms with Crippen LogP contribution < -0.4 is 4.74 Å². The highest BCUT2D eigenvalue weighted by molar-refractivity contribution is 9.10. The summed E-state index contributed by atoms with van der Waals surface area (Å²) in [5.41, 5.74) is 0.911. The Labute approximate surface area is 168 Å². The molecule has 0 heterocycles. The van der Waals surface area contributed by atoms with Crippen LogP contribution in [0, 0.1) is 0 Å². The fourth-order valence-electron chi connectivity index (χ4n) is 3.27. The summed E-state index contributed by atoms with van der Waals surface area (Å²) >= 11 is 3.30. The Morgan fingerprint density at radius 1 is 0.893 bits per heavy atom. The molecule has 1 aliphatic carbocycles. The number of hydrogen-bond acceptors (Lipinski definition) is 4. The molecule has 0 atom stereocenters. The third-order valence-corrected chi connectivity index (χ3v) is 5.15. The molecule has 5 nitrogen and oxygen atoms in total. The summed E-state index contributed by atoms with van der Waals surface area (Å²) in [5.74, 6) is -2.06. The number of rotatable bonds is 4. The highest BCUT2D eigenvalue weighted by atomic mass is 79.9. The van der Waals surface area contributed by atoms with Crippen molar-refractivity contribution in [2.75, 3.05) is 0 Å². The fraction of sp³-hybridized carbons (Fsp3) is 0.0455. The zero-order valence-electron chi connectivity index (χ0n) is 14.4. The minimum absolute atomic E-state index is 0.0218. The van der Waals surface area contributed by atoms with Crippen LogP contribution in [0.2, 0.25) is 0 Å². The molecule has 0 bridgehead atoms. The van der Waals surface area contributed by atoms with E-state index in [-0.39, 0.29) is 40.2 Å². The van der Waals surface area contributed by atoms with E-state index in [1.807, 2.05) is 30.3 Å². The number of carbonyl (C=O) groups is 3. The number of ketones is 2. The first-order valence-corrected chi connectivity index (χ1v) is 9.23. The van der Waals surface area contributed by atoms with E-state index in [0.717, 1.165) is 5.56 Å². The van der Waals surface area contributed by atoms with Crippen molar-refractivity contribution in [1.82, 2.24) is 0 Å². The second-order valence-corrected chi connectivity index (χ2v) is 7.12. The Morgan fingerprint density at radius 2 is 1.46 bits per heavy atom. The van der Waals surface area contributed by atoms with Crippen LogP contribution in [0.1, 0.15) is 47.8 Å². The minimum Gasteiger partial charge on any atom is -0.487 e. The number of benzene rings is 3. The molecule has 0 radical (unpaired) electrons. The molecule has 0 aliphatic heterocycles. The van der Waals surface area contributed by atoms with Crippen molar-refractivity contribution in [2.24, 2.45) is 0 Å². The largest absolute Gasteiger partial charge is 0.487 e. The Kier molecular flexibility index (Phi) is 4.57. The number of ether oxygens (including phenoxy) is 1. The van der Waals surface area contributed by atoms with E-state index in [1.165, 1.54) is 12.1 Å². The maximum absolute atomic E-state index is 13.2. The first kappa shape index (κ1) is 18.1. The van der Waals surface area contributed by atoms with Crippen LogP contribution in [-0.2, 0) is 6.61 Å². The average molecular weight is 437 g/mol. The SMILES string of the molecule is O=C(O)c1cc(Br)c(OCc2ccccc2)c2c1C(=O)c1ccccc1C2=O. The molecule has 0 fully saturated rings. The van der Waals surface area contributed by atoms with Gasteiger partial charge in [0.25, 0.3) is 0 Å². The highest BCUT2D eigenvalue weighted by Gasteiger charge is 2.37. The quantitative estimate of drug-likeness (QED) is 0.509. The average Bonchev–Trinajstić information content (AvgIpc) is 2.71. The van der Waals surface area contributed by atoms with Crippen LogP contribution in [0.25, 0.3) is 0 Å². The Balaban J connectivity index is 1.90. The first-order valence-electron chi connectivity index (χ1n) is 8.44.